The molecule has 1 aliphatic carbocycles. The Hall–Kier alpha value is -1.63. The van der Waals surface area contributed by atoms with E-state index in [4.69, 9.17) is 0 Å². The Bertz CT molecular complexity index is 590. The van der Waals surface area contributed by atoms with Crippen molar-refractivity contribution in [2.45, 2.75) is 70.1 Å². The topological polar surface area (TPSA) is 70.4 Å². The van der Waals surface area contributed by atoms with E-state index in [9.17, 15) is 0 Å². The average molecular weight is 331 g/mol. The minimum Gasteiger partial charge on any atom is -0.352 e. The molecule has 24 heavy (non-hydrogen) atoms. The number of guanidine groups is 1. The number of hydrogen-bond acceptors (Lipinski definition) is 4. The number of rotatable bonds is 4. The van der Waals surface area contributed by atoms with Crippen LogP contribution >= 0.6 is 0 Å². The summed E-state index contributed by atoms with van der Waals surface area (Å²) in [7, 11) is 1.84. The Kier molecular flexibility index (Phi) is 4.69. The Labute approximate surface area is 143 Å². The number of nitrogens with zero attached hydrogens (tertiary/aromatic N) is 5. The first-order valence-corrected chi connectivity index (χ1v) is 9.45. The van der Waals surface area contributed by atoms with Gasteiger partial charge in [0.05, 0.1) is 6.54 Å². The molecule has 1 saturated heterocycles. The van der Waals surface area contributed by atoms with Crippen LogP contribution in [-0.4, -0.2) is 57.8 Å². The van der Waals surface area contributed by atoms with Crippen LogP contribution in [0, 0.1) is 0 Å². The summed E-state index contributed by atoms with van der Waals surface area (Å²) < 4.78 is 2.29. The van der Waals surface area contributed by atoms with Crippen molar-refractivity contribution in [2.75, 3.05) is 20.1 Å². The molecule has 0 aromatic carbocycles. The van der Waals surface area contributed by atoms with E-state index in [-0.39, 0.29) is 0 Å². The van der Waals surface area contributed by atoms with Crippen LogP contribution in [0.3, 0.4) is 0 Å². The zero-order valence-corrected chi connectivity index (χ0v) is 14.7. The van der Waals surface area contributed by atoms with Crippen LogP contribution < -0.4 is 10.6 Å². The summed E-state index contributed by atoms with van der Waals surface area (Å²) in [6.45, 7) is 4.10. The highest BCUT2D eigenvalue weighted by Gasteiger charge is 2.34. The van der Waals surface area contributed by atoms with Crippen LogP contribution in [0.2, 0.25) is 0 Å². The number of likely N-dealkylation sites (tertiary alicyclic amines) is 1. The average Bonchev–Trinajstić information content (AvgIpc) is 3.30. The van der Waals surface area contributed by atoms with Gasteiger partial charge in [-0.05, 0) is 32.1 Å². The van der Waals surface area contributed by atoms with E-state index in [1.54, 1.807) is 0 Å². The lowest BCUT2D eigenvalue weighted by atomic mass is 10.2. The standard InChI is InChI=1S/C17H29N7/c1-18-17(20-13-8-10-23(12-13)14-6-7-14)19-11-16-22-21-15-5-3-2-4-9-24(15)16/h13-14H,2-12H2,1H3,(H2,18,19,20). The van der Waals surface area contributed by atoms with Gasteiger partial charge >= 0.3 is 0 Å². The molecule has 2 fully saturated rings. The summed E-state index contributed by atoms with van der Waals surface area (Å²) >= 11 is 0. The molecule has 1 atom stereocenters. The van der Waals surface area contributed by atoms with Gasteiger partial charge in [0.2, 0.25) is 0 Å². The van der Waals surface area contributed by atoms with Gasteiger partial charge in [0.15, 0.2) is 11.8 Å². The predicted octanol–water partition coefficient (Wildman–Crippen LogP) is 0.906. The van der Waals surface area contributed by atoms with Crippen molar-refractivity contribution in [3.05, 3.63) is 11.6 Å². The summed E-state index contributed by atoms with van der Waals surface area (Å²) in [4.78, 5) is 7.00. The maximum absolute atomic E-state index is 4.39. The van der Waals surface area contributed by atoms with Crippen molar-refractivity contribution < 1.29 is 0 Å². The van der Waals surface area contributed by atoms with Crippen LogP contribution in [0.5, 0.6) is 0 Å². The summed E-state index contributed by atoms with van der Waals surface area (Å²) in [5.74, 6) is 3.05. The Morgan fingerprint density at radius 3 is 2.92 bits per heavy atom. The van der Waals surface area contributed by atoms with Crippen molar-refractivity contribution >= 4 is 5.96 Å². The fourth-order valence-electron chi connectivity index (χ4n) is 3.90. The van der Waals surface area contributed by atoms with E-state index in [1.807, 2.05) is 7.05 Å². The second-order valence-electron chi connectivity index (χ2n) is 7.28. The highest BCUT2D eigenvalue weighted by atomic mass is 15.3. The third-order valence-corrected chi connectivity index (χ3v) is 5.45. The third kappa shape index (κ3) is 3.55. The molecule has 0 radical (unpaired) electrons. The Morgan fingerprint density at radius 1 is 1.17 bits per heavy atom. The monoisotopic (exact) mass is 331 g/mol. The van der Waals surface area contributed by atoms with Crippen LogP contribution in [0.15, 0.2) is 4.99 Å². The van der Waals surface area contributed by atoms with Crippen molar-refractivity contribution in [3.63, 3.8) is 0 Å². The van der Waals surface area contributed by atoms with Crippen LogP contribution in [0.25, 0.3) is 0 Å². The van der Waals surface area contributed by atoms with Crippen molar-refractivity contribution in [3.8, 4) is 0 Å². The second kappa shape index (κ2) is 7.09. The van der Waals surface area contributed by atoms with E-state index < -0.39 is 0 Å². The van der Waals surface area contributed by atoms with Crippen LogP contribution in [-0.2, 0) is 19.5 Å². The molecular weight excluding hydrogens is 302 g/mol. The maximum Gasteiger partial charge on any atom is 0.191 e. The highest BCUT2D eigenvalue weighted by Crippen LogP contribution is 2.29. The first-order chi connectivity index (χ1) is 11.8. The zero-order chi connectivity index (χ0) is 16.4. The van der Waals surface area contributed by atoms with E-state index in [0.717, 1.165) is 43.2 Å². The van der Waals surface area contributed by atoms with Gasteiger partial charge in [-0.15, -0.1) is 10.2 Å². The fourth-order valence-corrected chi connectivity index (χ4v) is 3.90. The smallest absolute Gasteiger partial charge is 0.191 e. The van der Waals surface area contributed by atoms with Crippen molar-refractivity contribution in [1.29, 1.82) is 0 Å². The van der Waals surface area contributed by atoms with Crippen molar-refractivity contribution in [2.24, 2.45) is 4.99 Å². The number of aliphatic imine (C=N–C) groups is 1. The normalized spacial score (nSPS) is 25.4. The lowest BCUT2D eigenvalue weighted by molar-refractivity contribution is 0.321. The van der Waals surface area contributed by atoms with Gasteiger partial charge in [0.1, 0.15) is 5.82 Å². The molecule has 3 aliphatic rings. The Balaban J connectivity index is 1.30. The maximum atomic E-state index is 4.39. The van der Waals surface area contributed by atoms with E-state index in [1.165, 1.54) is 45.1 Å². The molecule has 1 saturated carbocycles. The predicted molar refractivity (Wildman–Crippen MR) is 93.9 cm³/mol. The summed E-state index contributed by atoms with van der Waals surface area (Å²) in [5, 5.41) is 15.7. The summed E-state index contributed by atoms with van der Waals surface area (Å²) in [6, 6.07) is 1.37. The molecule has 0 bridgehead atoms. The number of aryl methyl sites for hydroxylation is 1. The second-order valence-corrected chi connectivity index (χ2v) is 7.28. The van der Waals surface area contributed by atoms with Crippen LogP contribution in [0.4, 0.5) is 0 Å². The molecule has 7 nitrogen and oxygen atoms in total. The fraction of sp³-hybridized carbons (Fsp3) is 0.824. The number of nitrogens with one attached hydrogen (secondary N) is 2. The first-order valence-electron chi connectivity index (χ1n) is 9.45. The van der Waals surface area contributed by atoms with E-state index >= 15 is 0 Å². The highest BCUT2D eigenvalue weighted by molar-refractivity contribution is 5.79. The van der Waals surface area contributed by atoms with Gasteiger partial charge in [-0.25, -0.2) is 0 Å². The molecule has 0 amide bonds. The first kappa shape index (κ1) is 15.9. The molecular formula is C17H29N7. The van der Waals surface area contributed by atoms with Gasteiger partial charge in [-0.1, -0.05) is 6.42 Å². The van der Waals surface area contributed by atoms with Gasteiger partial charge in [-0.2, -0.15) is 0 Å². The molecule has 7 heteroatoms. The van der Waals surface area contributed by atoms with Crippen molar-refractivity contribution in [1.82, 2.24) is 30.3 Å². The van der Waals surface area contributed by atoms with E-state index in [0.29, 0.717) is 12.6 Å². The summed E-state index contributed by atoms with van der Waals surface area (Å²) in [6.07, 6.45) is 8.78. The summed E-state index contributed by atoms with van der Waals surface area (Å²) in [5.41, 5.74) is 0. The molecule has 1 aromatic rings. The quantitative estimate of drug-likeness (QED) is 0.634. The molecule has 1 unspecified atom stereocenters. The molecule has 3 heterocycles. The third-order valence-electron chi connectivity index (χ3n) is 5.45. The largest absolute Gasteiger partial charge is 0.352 e. The SMILES string of the molecule is CN=C(NCc1nnc2n1CCCCC2)NC1CCN(C2CC2)C1. The Morgan fingerprint density at radius 2 is 2.08 bits per heavy atom. The molecule has 2 aliphatic heterocycles. The molecule has 0 spiro atoms. The minimum absolute atomic E-state index is 0.507. The van der Waals surface area contributed by atoms with E-state index in [2.05, 4.69) is 35.3 Å². The van der Waals surface area contributed by atoms with Gasteiger partial charge in [0, 0.05) is 45.2 Å². The lowest BCUT2D eigenvalue weighted by Gasteiger charge is -2.18. The number of fused-ring (bicyclic) bond motifs is 1. The molecule has 2 N–H and O–H groups in total. The number of hydrogen-bond donors (Lipinski definition) is 2. The van der Waals surface area contributed by atoms with Gasteiger partial charge in [-0.3, -0.25) is 9.89 Å². The lowest BCUT2D eigenvalue weighted by Crippen LogP contribution is -2.44. The molecule has 132 valence electrons. The number of aromatic nitrogens is 3. The minimum atomic E-state index is 0.507. The molecule has 1 aromatic heterocycles. The van der Waals surface area contributed by atoms with Gasteiger partial charge in [0.25, 0.3) is 0 Å². The van der Waals surface area contributed by atoms with Crippen LogP contribution in [0.1, 0.15) is 50.2 Å². The molecule has 4 rings (SSSR count). The zero-order valence-electron chi connectivity index (χ0n) is 14.7. The van der Waals surface area contributed by atoms with Gasteiger partial charge < -0.3 is 15.2 Å².